The third-order valence-corrected chi connectivity index (χ3v) is 3.85. The lowest BCUT2D eigenvalue weighted by molar-refractivity contribution is 0.126. The van der Waals surface area contributed by atoms with E-state index in [0.717, 1.165) is 24.3 Å². The molecule has 3 heterocycles. The van der Waals surface area contributed by atoms with E-state index in [2.05, 4.69) is 31.0 Å². The van der Waals surface area contributed by atoms with Crippen molar-refractivity contribution in [3.05, 3.63) is 15.9 Å². The number of halogens is 1. The highest BCUT2D eigenvalue weighted by Crippen LogP contribution is 2.31. The third kappa shape index (κ3) is 1.62. The molecule has 2 aliphatic heterocycles. The van der Waals surface area contributed by atoms with Crippen LogP contribution in [0.15, 0.2) is 4.60 Å². The summed E-state index contributed by atoms with van der Waals surface area (Å²) in [4.78, 5) is 0. The van der Waals surface area contributed by atoms with Gasteiger partial charge in [0, 0.05) is 5.56 Å². The zero-order chi connectivity index (χ0) is 10.3. The number of hydrogen-bond acceptors (Lipinski definition) is 3. The third-order valence-electron chi connectivity index (χ3n) is 3.21. The SMILES string of the molecule is Brc1nn(C2CCNCC2)c2c1COC2. The van der Waals surface area contributed by atoms with E-state index in [1.807, 2.05) is 0 Å². The number of rotatable bonds is 1. The lowest BCUT2D eigenvalue weighted by Crippen LogP contribution is -2.30. The van der Waals surface area contributed by atoms with Crippen LogP contribution in [0.25, 0.3) is 0 Å². The molecule has 0 radical (unpaired) electrons. The summed E-state index contributed by atoms with van der Waals surface area (Å²) in [5, 5.41) is 7.96. The van der Waals surface area contributed by atoms with Crippen molar-refractivity contribution in [3.63, 3.8) is 0 Å². The van der Waals surface area contributed by atoms with Gasteiger partial charge >= 0.3 is 0 Å². The van der Waals surface area contributed by atoms with E-state index in [1.54, 1.807) is 0 Å². The van der Waals surface area contributed by atoms with Gasteiger partial charge in [-0.1, -0.05) is 0 Å². The average Bonchev–Trinajstić information content (AvgIpc) is 2.84. The van der Waals surface area contributed by atoms with Gasteiger partial charge in [0.25, 0.3) is 0 Å². The Labute approximate surface area is 97.1 Å². The average molecular weight is 272 g/mol. The largest absolute Gasteiger partial charge is 0.370 e. The molecule has 2 aliphatic rings. The first-order valence-electron chi connectivity index (χ1n) is 5.40. The van der Waals surface area contributed by atoms with Gasteiger partial charge in [0.05, 0.1) is 24.9 Å². The van der Waals surface area contributed by atoms with E-state index in [0.29, 0.717) is 12.6 Å². The fourth-order valence-corrected chi connectivity index (χ4v) is 2.89. The van der Waals surface area contributed by atoms with Gasteiger partial charge in [-0.2, -0.15) is 5.10 Å². The van der Waals surface area contributed by atoms with Crippen molar-refractivity contribution in [2.24, 2.45) is 0 Å². The van der Waals surface area contributed by atoms with Gasteiger partial charge in [-0.3, -0.25) is 4.68 Å². The Balaban J connectivity index is 1.93. The standard InChI is InChI=1S/C10H14BrN3O/c11-10-8-5-15-6-9(8)14(13-10)7-1-3-12-4-2-7/h7,12H,1-6H2. The number of hydrogen-bond donors (Lipinski definition) is 1. The van der Waals surface area contributed by atoms with Crippen molar-refractivity contribution in [1.82, 2.24) is 15.1 Å². The Morgan fingerprint density at radius 2 is 2.13 bits per heavy atom. The number of fused-ring (bicyclic) bond motifs is 1. The lowest BCUT2D eigenvalue weighted by atomic mass is 10.1. The van der Waals surface area contributed by atoms with Gasteiger partial charge in [-0.25, -0.2) is 0 Å². The molecule has 1 saturated heterocycles. The number of ether oxygens (including phenoxy) is 1. The Hall–Kier alpha value is -0.390. The summed E-state index contributed by atoms with van der Waals surface area (Å²) >= 11 is 3.51. The van der Waals surface area contributed by atoms with Crippen LogP contribution in [-0.4, -0.2) is 22.9 Å². The minimum Gasteiger partial charge on any atom is -0.370 e. The van der Waals surface area contributed by atoms with Crippen molar-refractivity contribution >= 4 is 15.9 Å². The van der Waals surface area contributed by atoms with E-state index in [9.17, 15) is 0 Å². The van der Waals surface area contributed by atoms with E-state index in [4.69, 9.17) is 4.74 Å². The van der Waals surface area contributed by atoms with Crippen LogP contribution in [0.4, 0.5) is 0 Å². The fourth-order valence-electron chi connectivity index (χ4n) is 2.37. The number of piperidine rings is 1. The molecule has 4 nitrogen and oxygen atoms in total. The maximum Gasteiger partial charge on any atom is 0.134 e. The summed E-state index contributed by atoms with van der Waals surface area (Å²) in [6.45, 7) is 3.62. The number of nitrogens with one attached hydrogen (secondary N) is 1. The molecular weight excluding hydrogens is 258 g/mol. The zero-order valence-corrected chi connectivity index (χ0v) is 10.1. The quantitative estimate of drug-likeness (QED) is 0.844. The molecular formula is C10H14BrN3O. The maximum atomic E-state index is 5.46. The lowest BCUT2D eigenvalue weighted by Gasteiger charge is -2.24. The summed E-state index contributed by atoms with van der Waals surface area (Å²) in [5.74, 6) is 0. The highest BCUT2D eigenvalue weighted by molar-refractivity contribution is 9.10. The van der Waals surface area contributed by atoms with Crippen molar-refractivity contribution < 1.29 is 4.74 Å². The Morgan fingerprint density at radius 1 is 1.33 bits per heavy atom. The second-order valence-corrected chi connectivity index (χ2v) is 4.89. The summed E-state index contributed by atoms with van der Waals surface area (Å²) in [5.41, 5.74) is 2.52. The Bertz CT molecular complexity index is 371. The smallest absolute Gasteiger partial charge is 0.134 e. The first-order chi connectivity index (χ1) is 7.36. The molecule has 0 aromatic carbocycles. The van der Waals surface area contributed by atoms with Gasteiger partial charge < -0.3 is 10.1 Å². The molecule has 0 unspecified atom stereocenters. The molecule has 1 aromatic heterocycles. The van der Waals surface area contributed by atoms with Crippen LogP contribution in [0.2, 0.25) is 0 Å². The molecule has 0 spiro atoms. The number of aromatic nitrogens is 2. The van der Waals surface area contributed by atoms with Crippen LogP contribution in [0.5, 0.6) is 0 Å². The number of nitrogens with zero attached hydrogens (tertiary/aromatic N) is 2. The second-order valence-electron chi connectivity index (χ2n) is 4.13. The summed E-state index contributed by atoms with van der Waals surface area (Å²) in [6.07, 6.45) is 2.33. The molecule has 82 valence electrons. The predicted molar refractivity (Wildman–Crippen MR) is 59.6 cm³/mol. The molecule has 1 fully saturated rings. The van der Waals surface area contributed by atoms with Gasteiger partial charge in [0.15, 0.2) is 0 Å². The van der Waals surface area contributed by atoms with Gasteiger partial charge in [-0.15, -0.1) is 0 Å². The molecule has 0 aliphatic carbocycles. The predicted octanol–water partition coefficient (Wildman–Crippen LogP) is 1.60. The van der Waals surface area contributed by atoms with Crippen molar-refractivity contribution in [3.8, 4) is 0 Å². The van der Waals surface area contributed by atoms with Crippen LogP contribution < -0.4 is 5.32 Å². The van der Waals surface area contributed by atoms with E-state index in [1.165, 1.54) is 24.1 Å². The summed E-state index contributed by atoms with van der Waals surface area (Å²) in [6, 6.07) is 0.549. The summed E-state index contributed by atoms with van der Waals surface area (Å²) < 4.78 is 8.60. The molecule has 15 heavy (non-hydrogen) atoms. The molecule has 3 rings (SSSR count). The van der Waals surface area contributed by atoms with Crippen LogP contribution >= 0.6 is 15.9 Å². The molecule has 0 bridgehead atoms. The van der Waals surface area contributed by atoms with E-state index in [-0.39, 0.29) is 0 Å². The van der Waals surface area contributed by atoms with Crippen LogP contribution in [-0.2, 0) is 18.0 Å². The van der Waals surface area contributed by atoms with Crippen LogP contribution in [0.3, 0.4) is 0 Å². The first-order valence-corrected chi connectivity index (χ1v) is 6.20. The molecule has 0 saturated carbocycles. The van der Waals surface area contributed by atoms with Crippen LogP contribution in [0, 0.1) is 0 Å². The molecule has 1 aromatic rings. The fraction of sp³-hybridized carbons (Fsp3) is 0.700. The molecule has 5 heteroatoms. The Kier molecular flexibility index (Phi) is 2.54. The Morgan fingerprint density at radius 3 is 2.93 bits per heavy atom. The van der Waals surface area contributed by atoms with Gasteiger partial charge in [-0.05, 0) is 41.9 Å². The second kappa shape index (κ2) is 3.88. The highest BCUT2D eigenvalue weighted by atomic mass is 79.9. The molecule has 0 amide bonds. The zero-order valence-electron chi connectivity index (χ0n) is 8.50. The van der Waals surface area contributed by atoms with E-state index < -0.39 is 0 Å². The first kappa shape index (κ1) is 9.81. The molecule has 1 N–H and O–H groups in total. The van der Waals surface area contributed by atoms with Gasteiger partial charge in [0.1, 0.15) is 4.60 Å². The maximum absolute atomic E-state index is 5.46. The summed E-state index contributed by atoms with van der Waals surface area (Å²) in [7, 11) is 0. The molecule has 0 atom stereocenters. The minimum atomic E-state index is 0.549. The minimum absolute atomic E-state index is 0.549. The highest BCUT2D eigenvalue weighted by Gasteiger charge is 2.26. The van der Waals surface area contributed by atoms with Crippen LogP contribution in [0.1, 0.15) is 30.1 Å². The van der Waals surface area contributed by atoms with E-state index >= 15 is 0 Å². The van der Waals surface area contributed by atoms with Gasteiger partial charge in [0.2, 0.25) is 0 Å². The van der Waals surface area contributed by atoms with Crippen molar-refractivity contribution in [2.75, 3.05) is 13.1 Å². The monoisotopic (exact) mass is 271 g/mol. The van der Waals surface area contributed by atoms with Crippen molar-refractivity contribution in [1.29, 1.82) is 0 Å². The normalized spacial score (nSPS) is 21.9. The van der Waals surface area contributed by atoms with Crippen molar-refractivity contribution in [2.45, 2.75) is 32.1 Å². The topological polar surface area (TPSA) is 39.1 Å².